The second-order valence-electron chi connectivity index (χ2n) is 7.54. The maximum Gasteiger partial charge on any atom is 0.241 e. The van der Waals surface area contributed by atoms with Crippen LogP contribution in [0.1, 0.15) is 17.5 Å². The van der Waals surface area contributed by atoms with Gasteiger partial charge in [0.15, 0.2) is 11.5 Å². The lowest BCUT2D eigenvalue weighted by atomic mass is 9.99. The monoisotopic (exact) mass is 462 g/mol. The Morgan fingerprint density at radius 2 is 1.87 bits per heavy atom. The van der Waals surface area contributed by atoms with Crippen LogP contribution in [0.4, 0.5) is 0 Å². The lowest BCUT2D eigenvalue weighted by molar-refractivity contribution is -0.134. The van der Waals surface area contributed by atoms with E-state index in [1.165, 1.54) is 17.7 Å². The number of fused-ring (bicyclic) bond motifs is 2. The Morgan fingerprint density at radius 3 is 2.65 bits per heavy atom. The summed E-state index contributed by atoms with van der Waals surface area (Å²) in [6, 6.07) is 11.7. The average Bonchev–Trinajstić information content (AvgIpc) is 2.80. The Morgan fingerprint density at radius 1 is 1.13 bits per heavy atom. The average molecular weight is 463 g/mol. The Kier molecular flexibility index (Phi) is 6.74. The molecule has 1 atom stereocenters. The van der Waals surface area contributed by atoms with Crippen LogP contribution >= 0.6 is 11.8 Å². The van der Waals surface area contributed by atoms with Gasteiger partial charge >= 0.3 is 0 Å². The number of nitrogens with one attached hydrogen (secondary N) is 1. The molecule has 0 fully saturated rings. The van der Waals surface area contributed by atoms with Gasteiger partial charge in [0, 0.05) is 19.2 Å². The van der Waals surface area contributed by atoms with E-state index in [1.807, 2.05) is 24.5 Å². The third-order valence-electron chi connectivity index (χ3n) is 5.47. The Hall–Kier alpha value is -2.23. The molecule has 1 unspecified atom stereocenters. The van der Waals surface area contributed by atoms with E-state index in [-0.39, 0.29) is 10.8 Å². The van der Waals surface area contributed by atoms with Crippen molar-refractivity contribution in [1.82, 2.24) is 9.62 Å². The molecule has 0 bridgehead atoms. The third kappa shape index (κ3) is 4.99. The van der Waals surface area contributed by atoms with Gasteiger partial charge in [-0.15, -0.1) is 0 Å². The first kappa shape index (κ1) is 22.0. The van der Waals surface area contributed by atoms with E-state index in [9.17, 15) is 13.2 Å². The van der Waals surface area contributed by atoms with E-state index in [2.05, 4.69) is 10.8 Å². The Balaban J connectivity index is 1.53. The van der Waals surface area contributed by atoms with Gasteiger partial charge in [-0.3, -0.25) is 4.79 Å². The lowest BCUT2D eigenvalue weighted by Crippen LogP contribution is -2.50. The standard InChI is InChI=1S/C22H26N2O5S2/c1-30-13-9-19(22(25)24-10-8-16-4-2-3-5-17(16)15-24)23-31(26,27)18-6-7-20-21(14-18)29-12-11-28-20/h2-7,14,19,23H,8-13,15H2,1H3. The van der Waals surface area contributed by atoms with Crippen LogP contribution in [0.25, 0.3) is 0 Å². The number of carbonyl (C=O) groups is 1. The van der Waals surface area contributed by atoms with Crippen LogP contribution in [0.2, 0.25) is 0 Å². The highest BCUT2D eigenvalue weighted by Gasteiger charge is 2.31. The highest BCUT2D eigenvalue weighted by molar-refractivity contribution is 7.98. The minimum absolute atomic E-state index is 0.0580. The molecule has 9 heteroatoms. The number of sulfonamides is 1. The number of benzene rings is 2. The summed E-state index contributed by atoms with van der Waals surface area (Å²) in [5.41, 5.74) is 2.35. The van der Waals surface area contributed by atoms with E-state index in [0.29, 0.717) is 50.0 Å². The Bertz CT molecular complexity index is 1060. The smallest absolute Gasteiger partial charge is 0.241 e. The zero-order valence-corrected chi connectivity index (χ0v) is 19.0. The summed E-state index contributed by atoms with van der Waals surface area (Å²) < 4.78 is 39.8. The van der Waals surface area contributed by atoms with Gasteiger partial charge in [0.25, 0.3) is 0 Å². The molecule has 7 nitrogen and oxygen atoms in total. The summed E-state index contributed by atoms with van der Waals surface area (Å²) in [5, 5.41) is 0. The molecular weight excluding hydrogens is 436 g/mol. The number of ether oxygens (including phenoxy) is 2. The summed E-state index contributed by atoms with van der Waals surface area (Å²) in [7, 11) is -3.91. The second-order valence-corrected chi connectivity index (χ2v) is 10.2. The second kappa shape index (κ2) is 9.50. The molecule has 1 amide bonds. The van der Waals surface area contributed by atoms with Gasteiger partial charge in [0.2, 0.25) is 15.9 Å². The molecule has 2 aliphatic heterocycles. The van der Waals surface area contributed by atoms with Gasteiger partial charge in [-0.2, -0.15) is 16.5 Å². The zero-order valence-electron chi connectivity index (χ0n) is 17.4. The van der Waals surface area contributed by atoms with Gasteiger partial charge in [-0.05, 0) is 48.1 Å². The number of amides is 1. The first-order chi connectivity index (χ1) is 15.0. The van der Waals surface area contributed by atoms with E-state index in [0.717, 1.165) is 12.0 Å². The number of thioether (sulfide) groups is 1. The number of hydrogen-bond donors (Lipinski definition) is 1. The van der Waals surface area contributed by atoms with Crippen molar-refractivity contribution in [3.05, 3.63) is 53.6 Å². The number of rotatable bonds is 7. The van der Waals surface area contributed by atoms with Gasteiger partial charge in [0.05, 0.1) is 4.90 Å². The summed E-state index contributed by atoms with van der Waals surface area (Å²) in [4.78, 5) is 15.1. The van der Waals surface area contributed by atoms with Crippen LogP contribution in [-0.2, 0) is 27.8 Å². The first-order valence-electron chi connectivity index (χ1n) is 10.2. The fourth-order valence-corrected chi connectivity index (χ4v) is 5.53. The molecule has 2 aromatic carbocycles. The zero-order chi connectivity index (χ0) is 21.8. The number of carbonyl (C=O) groups excluding carboxylic acids is 1. The molecule has 31 heavy (non-hydrogen) atoms. The molecule has 0 radical (unpaired) electrons. The van der Waals surface area contributed by atoms with Crippen LogP contribution in [0, 0.1) is 0 Å². The normalized spacial score (nSPS) is 16.5. The van der Waals surface area contributed by atoms with Gasteiger partial charge in [-0.1, -0.05) is 24.3 Å². The summed E-state index contributed by atoms with van der Waals surface area (Å²) >= 11 is 1.58. The van der Waals surface area contributed by atoms with Crippen molar-refractivity contribution in [2.75, 3.05) is 31.8 Å². The molecule has 166 valence electrons. The van der Waals surface area contributed by atoms with Gasteiger partial charge in [0.1, 0.15) is 19.3 Å². The van der Waals surface area contributed by atoms with Crippen LogP contribution in [0.3, 0.4) is 0 Å². The van der Waals surface area contributed by atoms with E-state index in [4.69, 9.17) is 9.47 Å². The Labute approximate surface area is 187 Å². The van der Waals surface area contributed by atoms with E-state index in [1.54, 1.807) is 22.7 Å². The van der Waals surface area contributed by atoms with Crippen LogP contribution in [0.5, 0.6) is 11.5 Å². The number of nitrogens with zero attached hydrogens (tertiary/aromatic N) is 1. The first-order valence-corrected chi connectivity index (χ1v) is 13.1. The fraction of sp³-hybridized carbons (Fsp3) is 0.409. The molecule has 2 heterocycles. The third-order valence-corrected chi connectivity index (χ3v) is 7.59. The molecule has 4 rings (SSSR count). The molecule has 0 spiro atoms. The van der Waals surface area contributed by atoms with Crippen LogP contribution in [-0.4, -0.2) is 57.0 Å². The molecule has 0 saturated heterocycles. The van der Waals surface area contributed by atoms with E-state index >= 15 is 0 Å². The highest BCUT2D eigenvalue weighted by atomic mass is 32.2. The summed E-state index contributed by atoms with van der Waals surface area (Å²) in [6.07, 6.45) is 3.13. The predicted molar refractivity (Wildman–Crippen MR) is 120 cm³/mol. The lowest BCUT2D eigenvalue weighted by Gasteiger charge is -2.32. The summed E-state index contributed by atoms with van der Waals surface area (Å²) in [6.45, 7) is 1.88. The van der Waals surface area contributed by atoms with Crippen LogP contribution in [0.15, 0.2) is 47.4 Å². The summed E-state index contributed by atoms with van der Waals surface area (Å²) in [5.74, 6) is 1.40. The van der Waals surface area contributed by atoms with Crippen molar-refractivity contribution in [2.45, 2.75) is 30.3 Å². The number of hydrogen-bond acceptors (Lipinski definition) is 6. The molecule has 2 aromatic rings. The predicted octanol–water partition coefficient (Wildman–Crippen LogP) is 2.44. The minimum Gasteiger partial charge on any atom is -0.486 e. The molecular formula is C22H26N2O5S2. The van der Waals surface area contributed by atoms with E-state index < -0.39 is 16.1 Å². The van der Waals surface area contributed by atoms with Crippen molar-refractivity contribution in [3.63, 3.8) is 0 Å². The van der Waals surface area contributed by atoms with Crippen molar-refractivity contribution >= 4 is 27.7 Å². The SMILES string of the molecule is CSCCC(NS(=O)(=O)c1ccc2c(c1)OCCO2)C(=O)N1CCc2ccccc2C1. The van der Waals surface area contributed by atoms with Crippen molar-refractivity contribution in [1.29, 1.82) is 0 Å². The fourth-order valence-electron chi connectivity index (χ4n) is 3.82. The molecule has 2 aliphatic rings. The maximum atomic E-state index is 13.3. The molecule has 0 saturated carbocycles. The van der Waals surface area contributed by atoms with Gasteiger partial charge < -0.3 is 14.4 Å². The molecule has 1 N–H and O–H groups in total. The van der Waals surface area contributed by atoms with Crippen molar-refractivity contribution in [2.24, 2.45) is 0 Å². The van der Waals surface area contributed by atoms with Crippen LogP contribution < -0.4 is 14.2 Å². The topological polar surface area (TPSA) is 84.9 Å². The highest BCUT2D eigenvalue weighted by Crippen LogP contribution is 2.32. The van der Waals surface area contributed by atoms with Crippen molar-refractivity contribution < 1.29 is 22.7 Å². The molecule has 0 aromatic heterocycles. The molecule has 0 aliphatic carbocycles. The minimum atomic E-state index is -3.91. The quantitative estimate of drug-likeness (QED) is 0.680. The largest absolute Gasteiger partial charge is 0.486 e. The van der Waals surface area contributed by atoms with Crippen molar-refractivity contribution in [3.8, 4) is 11.5 Å². The maximum absolute atomic E-state index is 13.3. The van der Waals surface area contributed by atoms with Gasteiger partial charge in [-0.25, -0.2) is 8.42 Å².